The molecule has 2 rings (SSSR count). The number of amides is 1. The Labute approximate surface area is 127 Å². The molecule has 0 saturated carbocycles. The zero-order valence-electron chi connectivity index (χ0n) is 13.2. The second kappa shape index (κ2) is 7.05. The third-order valence-corrected chi connectivity index (χ3v) is 3.74. The molecule has 4 heteroatoms. The van der Waals surface area contributed by atoms with Crippen LogP contribution in [0.1, 0.15) is 38.3 Å². The minimum absolute atomic E-state index is 0.0675. The van der Waals surface area contributed by atoms with Gasteiger partial charge in [-0.3, -0.25) is 4.79 Å². The van der Waals surface area contributed by atoms with E-state index in [1.165, 1.54) is 5.56 Å². The van der Waals surface area contributed by atoms with Crippen molar-refractivity contribution in [2.45, 2.75) is 45.2 Å². The van der Waals surface area contributed by atoms with Gasteiger partial charge in [0, 0.05) is 25.6 Å². The molecule has 1 aliphatic rings. The van der Waals surface area contributed by atoms with Crippen molar-refractivity contribution in [3.05, 3.63) is 35.4 Å². The largest absolute Gasteiger partial charge is 0.378 e. The van der Waals surface area contributed by atoms with Gasteiger partial charge in [-0.2, -0.15) is 0 Å². The van der Waals surface area contributed by atoms with Crippen LogP contribution in [0.15, 0.2) is 24.3 Å². The fourth-order valence-corrected chi connectivity index (χ4v) is 2.37. The van der Waals surface area contributed by atoms with Crippen molar-refractivity contribution >= 4 is 5.91 Å². The quantitative estimate of drug-likeness (QED) is 0.891. The lowest BCUT2D eigenvalue weighted by Gasteiger charge is -2.23. The molecule has 1 aliphatic heterocycles. The summed E-state index contributed by atoms with van der Waals surface area (Å²) in [5.74, 6) is 0.0675. The van der Waals surface area contributed by atoms with Crippen LogP contribution in [0.25, 0.3) is 0 Å². The van der Waals surface area contributed by atoms with Crippen molar-refractivity contribution in [2.24, 2.45) is 0 Å². The summed E-state index contributed by atoms with van der Waals surface area (Å²) in [5.41, 5.74) is 2.60. The predicted molar refractivity (Wildman–Crippen MR) is 84.2 cm³/mol. The van der Waals surface area contributed by atoms with E-state index in [0.29, 0.717) is 19.6 Å². The Morgan fingerprint density at radius 3 is 2.62 bits per heavy atom. The highest BCUT2D eigenvalue weighted by molar-refractivity contribution is 5.76. The molecule has 2 N–H and O–H groups in total. The number of benzene rings is 1. The second-order valence-corrected chi connectivity index (χ2v) is 6.65. The summed E-state index contributed by atoms with van der Waals surface area (Å²) in [6.45, 7) is 9.35. The van der Waals surface area contributed by atoms with E-state index in [0.717, 1.165) is 18.7 Å². The molecule has 0 bridgehead atoms. The number of carbonyl (C=O) groups is 1. The van der Waals surface area contributed by atoms with Gasteiger partial charge in [0.2, 0.25) is 5.91 Å². The standard InChI is InChI=1S/C17H26N2O2/c1-17(2,3)14-6-4-13(5-7-14)11-19-16(20)10-15-12-21-9-8-18-15/h4-7,15,18H,8-12H2,1-3H3,(H,19,20). The van der Waals surface area contributed by atoms with E-state index in [1.807, 2.05) is 0 Å². The van der Waals surface area contributed by atoms with E-state index in [4.69, 9.17) is 4.74 Å². The molecular weight excluding hydrogens is 264 g/mol. The first-order valence-corrected chi connectivity index (χ1v) is 7.62. The maximum Gasteiger partial charge on any atom is 0.221 e. The van der Waals surface area contributed by atoms with Crippen LogP contribution >= 0.6 is 0 Å². The lowest BCUT2D eigenvalue weighted by molar-refractivity contribution is -0.122. The van der Waals surface area contributed by atoms with Gasteiger partial charge in [-0.1, -0.05) is 45.0 Å². The van der Waals surface area contributed by atoms with Gasteiger partial charge in [0.15, 0.2) is 0 Å². The highest BCUT2D eigenvalue weighted by atomic mass is 16.5. The second-order valence-electron chi connectivity index (χ2n) is 6.65. The number of morpholine rings is 1. The van der Waals surface area contributed by atoms with Gasteiger partial charge in [0.1, 0.15) is 0 Å². The van der Waals surface area contributed by atoms with Crippen LogP contribution in [-0.2, 0) is 21.5 Å². The highest BCUT2D eigenvalue weighted by Gasteiger charge is 2.17. The lowest BCUT2D eigenvalue weighted by atomic mass is 9.87. The minimum Gasteiger partial charge on any atom is -0.378 e. The van der Waals surface area contributed by atoms with Crippen molar-refractivity contribution in [3.63, 3.8) is 0 Å². The molecule has 4 nitrogen and oxygen atoms in total. The van der Waals surface area contributed by atoms with Gasteiger partial charge in [-0.15, -0.1) is 0 Å². The summed E-state index contributed by atoms with van der Waals surface area (Å²) in [5, 5.41) is 6.26. The molecule has 1 saturated heterocycles. The van der Waals surface area contributed by atoms with E-state index >= 15 is 0 Å². The molecule has 0 radical (unpaired) electrons. The average molecular weight is 290 g/mol. The third-order valence-electron chi connectivity index (χ3n) is 3.74. The van der Waals surface area contributed by atoms with Crippen LogP contribution in [0, 0.1) is 0 Å². The number of hydrogen-bond acceptors (Lipinski definition) is 3. The van der Waals surface area contributed by atoms with E-state index in [2.05, 4.69) is 55.7 Å². The predicted octanol–water partition coefficient (Wildman–Crippen LogP) is 1.98. The Bertz CT molecular complexity index is 457. The van der Waals surface area contributed by atoms with Gasteiger partial charge in [-0.25, -0.2) is 0 Å². The number of nitrogens with one attached hydrogen (secondary N) is 2. The van der Waals surface area contributed by atoms with Crippen LogP contribution in [0.5, 0.6) is 0 Å². The Morgan fingerprint density at radius 1 is 1.33 bits per heavy atom. The Hall–Kier alpha value is -1.39. The smallest absolute Gasteiger partial charge is 0.221 e. The maximum atomic E-state index is 11.9. The van der Waals surface area contributed by atoms with Crippen LogP contribution in [0.3, 0.4) is 0 Å². The van der Waals surface area contributed by atoms with Crippen LogP contribution in [-0.4, -0.2) is 31.7 Å². The molecule has 0 aromatic heterocycles. The third kappa shape index (κ3) is 5.14. The molecule has 0 aliphatic carbocycles. The first kappa shape index (κ1) is 16.0. The van der Waals surface area contributed by atoms with E-state index in [-0.39, 0.29) is 17.4 Å². The summed E-state index contributed by atoms with van der Waals surface area (Å²) in [4.78, 5) is 11.9. The molecule has 1 aromatic rings. The highest BCUT2D eigenvalue weighted by Crippen LogP contribution is 2.22. The first-order valence-electron chi connectivity index (χ1n) is 7.62. The summed E-state index contributed by atoms with van der Waals surface area (Å²) >= 11 is 0. The number of hydrogen-bond donors (Lipinski definition) is 2. The van der Waals surface area contributed by atoms with Gasteiger partial charge >= 0.3 is 0 Å². The zero-order valence-corrected chi connectivity index (χ0v) is 13.2. The topological polar surface area (TPSA) is 50.4 Å². The molecule has 1 fully saturated rings. The molecule has 0 spiro atoms. The van der Waals surface area contributed by atoms with Gasteiger partial charge in [-0.05, 0) is 16.5 Å². The SMILES string of the molecule is CC(C)(C)c1ccc(CNC(=O)CC2COCCN2)cc1. The molecule has 1 heterocycles. The molecule has 1 unspecified atom stereocenters. The van der Waals surface area contributed by atoms with E-state index in [1.54, 1.807) is 0 Å². The van der Waals surface area contributed by atoms with E-state index < -0.39 is 0 Å². The molecule has 21 heavy (non-hydrogen) atoms. The normalized spacial score (nSPS) is 19.3. The van der Waals surface area contributed by atoms with E-state index in [9.17, 15) is 4.79 Å². The number of rotatable bonds is 4. The van der Waals surface area contributed by atoms with Crippen molar-refractivity contribution in [3.8, 4) is 0 Å². The number of carbonyl (C=O) groups excluding carboxylic acids is 1. The molecular formula is C17H26N2O2. The summed E-state index contributed by atoms with van der Waals surface area (Å²) in [6.07, 6.45) is 0.472. The lowest BCUT2D eigenvalue weighted by Crippen LogP contribution is -2.44. The summed E-state index contributed by atoms with van der Waals surface area (Å²) in [6, 6.07) is 8.59. The summed E-state index contributed by atoms with van der Waals surface area (Å²) in [7, 11) is 0. The van der Waals surface area contributed by atoms with Crippen LogP contribution in [0.4, 0.5) is 0 Å². The molecule has 1 atom stereocenters. The Balaban J connectivity index is 1.78. The number of ether oxygens (including phenoxy) is 1. The Kier molecular flexibility index (Phi) is 5.37. The first-order chi connectivity index (χ1) is 9.95. The molecule has 1 aromatic carbocycles. The molecule has 116 valence electrons. The van der Waals surface area contributed by atoms with Crippen molar-refractivity contribution in [1.29, 1.82) is 0 Å². The zero-order chi connectivity index (χ0) is 15.3. The fraction of sp³-hybridized carbons (Fsp3) is 0.588. The molecule has 1 amide bonds. The maximum absolute atomic E-state index is 11.9. The Morgan fingerprint density at radius 2 is 2.05 bits per heavy atom. The van der Waals surface area contributed by atoms with Gasteiger partial charge in [0.05, 0.1) is 13.2 Å². The van der Waals surface area contributed by atoms with Crippen molar-refractivity contribution in [2.75, 3.05) is 19.8 Å². The van der Waals surface area contributed by atoms with Gasteiger partial charge < -0.3 is 15.4 Å². The minimum atomic E-state index is 0.0675. The monoisotopic (exact) mass is 290 g/mol. The fourth-order valence-electron chi connectivity index (χ4n) is 2.37. The average Bonchev–Trinajstić information content (AvgIpc) is 2.46. The van der Waals surface area contributed by atoms with Crippen molar-refractivity contribution < 1.29 is 9.53 Å². The van der Waals surface area contributed by atoms with Crippen LogP contribution in [0.2, 0.25) is 0 Å². The summed E-state index contributed by atoms with van der Waals surface area (Å²) < 4.78 is 5.35. The van der Waals surface area contributed by atoms with Crippen molar-refractivity contribution in [1.82, 2.24) is 10.6 Å². The van der Waals surface area contributed by atoms with Gasteiger partial charge in [0.25, 0.3) is 0 Å². The van der Waals surface area contributed by atoms with Crippen LogP contribution < -0.4 is 10.6 Å².